The van der Waals surface area contributed by atoms with Crippen LogP contribution in [0.2, 0.25) is 0 Å². The van der Waals surface area contributed by atoms with Gasteiger partial charge >= 0.3 is 0 Å². The summed E-state index contributed by atoms with van der Waals surface area (Å²) in [7, 11) is 0. The summed E-state index contributed by atoms with van der Waals surface area (Å²) in [5.41, 5.74) is 3.31. The van der Waals surface area contributed by atoms with Gasteiger partial charge < -0.3 is 4.74 Å². The Morgan fingerprint density at radius 3 is 2.80 bits per heavy atom. The van der Waals surface area contributed by atoms with E-state index in [2.05, 4.69) is 60.1 Å². The summed E-state index contributed by atoms with van der Waals surface area (Å²) in [6.45, 7) is 5.57. The lowest BCUT2D eigenvalue weighted by molar-refractivity contribution is -0.0745. The molecule has 1 saturated heterocycles. The normalized spacial score (nSPS) is 35.8. The lowest BCUT2D eigenvalue weighted by Crippen LogP contribution is -2.36. The molecule has 0 unspecified atom stereocenters. The van der Waals surface area contributed by atoms with E-state index < -0.39 is 0 Å². The monoisotopic (exact) mass is 334 g/mol. The quantitative estimate of drug-likeness (QED) is 0.681. The SMILES string of the molecule is CC/C(Br)=C1/CC[C@H]2[C@H](c3ccccc3)OCC[C@]12C. The molecule has 108 valence electrons. The summed E-state index contributed by atoms with van der Waals surface area (Å²) in [5, 5.41) is 0. The van der Waals surface area contributed by atoms with E-state index in [1.54, 1.807) is 5.57 Å². The average Bonchev–Trinajstić information content (AvgIpc) is 2.84. The van der Waals surface area contributed by atoms with Crippen molar-refractivity contribution in [2.24, 2.45) is 11.3 Å². The number of hydrogen-bond donors (Lipinski definition) is 0. The Morgan fingerprint density at radius 1 is 1.35 bits per heavy atom. The van der Waals surface area contributed by atoms with Gasteiger partial charge in [0.1, 0.15) is 0 Å². The summed E-state index contributed by atoms with van der Waals surface area (Å²) in [6, 6.07) is 10.8. The smallest absolute Gasteiger partial charge is 0.0861 e. The molecule has 1 aliphatic carbocycles. The van der Waals surface area contributed by atoms with Gasteiger partial charge in [-0.3, -0.25) is 0 Å². The molecule has 0 amide bonds. The van der Waals surface area contributed by atoms with Gasteiger partial charge in [-0.1, -0.05) is 65.7 Å². The fourth-order valence-electron chi connectivity index (χ4n) is 4.09. The molecule has 0 N–H and O–H groups in total. The van der Waals surface area contributed by atoms with Crippen molar-refractivity contribution < 1.29 is 4.74 Å². The van der Waals surface area contributed by atoms with Gasteiger partial charge in [-0.05, 0) is 47.1 Å². The van der Waals surface area contributed by atoms with Gasteiger partial charge in [-0.15, -0.1) is 0 Å². The zero-order valence-corrected chi connectivity index (χ0v) is 13.9. The third kappa shape index (κ3) is 2.27. The number of rotatable bonds is 2. The Balaban J connectivity index is 1.96. The van der Waals surface area contributed by atoms with Crippen molar-refractivity contribution in [2.45, 2.75) is 45.6 Å². The molecule has 0 radical (unpaired) electrons. The first kappa shape index (κ1) is 14.3. The van der Waals surface area contributed by atoms with Crippen molar-refractivity contribution in [3.63, 3.8) is 0 Å². The van der Waals surface area contributed by atoms with E-state index in [1.165, 1.54) is 22.9 Å². The molecule has 0 bridgehead atoms. The molecule has 2 aliphatic rings. The Hall–Kier alpha value is -0.600. The Morgan fingerprint density at radius 2 is 2.10 bits per heavy atom. The maximum absolute atomic E-state index is 6.17. The Labute approximate surface area is 130 Å². The lowest BCUT2D eigenvalue weighted by atomic mass is 9.69. The minimum absolute atomic E-state index is 0.268. The predicted octanol–water partition coefficient (Wildman–Crippen LogP) is 5.62. The maximum atomic E-state index is 6.17. The summed E-state index contributed by atoms with van der Waals surface area (Å²) in [5.74, 6) is 0.618. The van der Waals surface area contributed by atoms with Crippen molar-refractivity contribution in [3.05, 3.63) is 46.0 Å². The Kier molecular flexibility index (Phi) is 4.05. The van der Waals surface area contributed by atoms with Crippen LogP contribution in [0.4, 0.5) is 0 Å². The second-order valence-corrected chi connectivity index (χ2v) is 7.21. The van der Waals surface area contributed by atoms with Crippen LogP contribution in [0.1, 0.15) is 51.2 Å². The lowest BCUT2D eigenvalue weighted by Gasteiger charge is -2.43. The number of hydrogen-bond acceptors (Lipinski definition) is 1. The van der Waals surface area contributed by atoms with Gasteiger partial charge in [0.15, 0.2) is 0 Å². The van der Waals surface area contributed by atoms with Crippen molar-refractivity contribution in [1.82, 2.24) is 0 Å². The van der Waals surface area contributed by atoms with Crippen molar-refractivity contribution in [3.8, 4) is 0 Å². The molecule has 2 fully saturated rings. The molecule has 1 nitrogen and oxygen atoms in total. The van der Waals surface area contributed by atoms with Gasteiger partial charge in [0.25, 0.3) is 0 Å². The molecule has 20 heavy (non-hydrogen) atoms. The van der Waals surface area contributed by atoms with Crippen LogP contribution in [0.5, 0.6) is 0 Å². The number of ether oxygens (including phenoxy) is 1. The summed E-state index contributed by atoms with van der Waals surface area (Å²) >= 11 is 3.82. The summed E-state index contributed by atoms with van der Waals surface area (Å²) < 4.78 is 7.59. The van der Waals surface area contributed by atoms with Gasteiger partial charge in [-0.2, -0.15) is 0 Å². The van der Waals surface area contributed by atoms with Crippen LogP contribution in [0.3, 0.4) is 0 Å². The highest BCUT2D eigenvalue weighted by Crippen LogP contribution is 2.59. The van der Waals surface area contributed by atoms with Crippen molar-refractivity contribution in [2.75, 3.05) is 6.61 Å². The van der Waals surface area contributed by atoms with E-state index in [9.17, 15) is 0 Å². The molecule has 1 saturated carbocycles. The number of halogens is 1. The minimum Gasteiger partial charge on any atom is -0.373 e. The van der Waals surface area contributed by atoms with Crippen LogP contribution in [-0.2, 0) is 4.74 Å². The largest absolute Gasteiger partial charge is 0.373 e. The zero-order valence-electron chi connectivity index (χ0n) is 12.4. The van der Waals surface area contributed by atoms with E-state index in [1.807, 2.05) is 0 Å². The fourth-order valence-corrected chi connectivity index (χ4v) is 4.74. The summed E-state index contributed by atoms with van der Waals surface area (Å²) in [6.07, 6.45) is 5.01. The topological polar surface area (TPSA) is 9.23 Å². The predicted molar refractivity (Wildman–Crippen MR) is 86.8 cm³/mol. The van der Waals surface area contributed by atoms with E-state index in [0.717, 1.165) is 19.4 Å². The van der Waals surface area contributed by atoms with Gasteiger partial charge in [-0.25, -0.2) is 0 Å². The summed E-state index contributed by atoms with van der Waals surface area (Å²) in [4.78, 5) is 0. The Bertz CT molecular complexity index is 507. The highest BCUT2D eigenvalue weighted by Gasteiger charge is 2.50. The van der Waals surface area contributed by atoms with Crippen LogP contribution < -0.4 is 0 Å². The highest BCUT2D eigenvalue weighted by atomic mass is 79.9. The standard InChI is InChI=1S/C18H23BrO/c1-3-16(19)14-9-10-15-17(13-7-5-4-6-8-13)20-12-11-18(14,15)2/h4-8,15,17H,3,9-12H2,1-2H3/b16-14+/t15-,17-,18+/m0/s1. The van der Waals surface area contributed by atoms with Crippen LogP contribution in [0, 0.1) is 11.3 Å². The molecular weight excluding hydrogens is 312 g/mol. The van der Waals surface area contributed by atoms with E-state index >= 15 is 0 Å². The molecule has 1 aliphatic heterocycles. The average molecular weight is 335 g/mol. The van der Waals surface area contributed by atoms with Crippen LogP contribution in [0.25, 0.3) is 0 Å². The fraction of sp³-hybridized carbons (Fsp3) is 0.556. The van der Waals surface area contributed by atoms with Crippen LogP contribution in [0.15, 0.2) is 40.4 Å². The maximum Gasteiger partial charge on any atom is 0.0861 e. The molecule has 0 spiro atoms. The molecule has 0 aromatic heterocycles. The first-order chi connectivity index (χ1) is 9.66. The zero-order chi connectivity index (χ0) is 14.2. The van der Waals surface area contributed by atoms with E-state index in [4.69, 9.17) is 4.74 Å². The van der Waals surface area contributed by atoms with Gasteiger partial charge in [0.05, 0.1) is 6.10 Å². The minimum atomic E-state index is 0.268. The van der Waals surface area contributed by atoms with Gasteiger partial charge in [0, 0.05) is 6.61 Å². The molecule has 1 aromatic carbocycles. The second kappa shape index (κ2) is 5.65. The van der Waals surface area contributed by atoms with Crippen LogP contribution in [-0.4, -0.2) is 6.61 Å². The number of benzene rings is 1. The first-order valence-corrected chi connectivity index (χ1v) is 8.50. The molecule has 3 atom stereocenters. The number of allylic oxidation sites excluding steroid dienone is 2. The number of fused-ring (bicyclic) bond motifs is 1. The van der Waals surface area contributed by atoms with E-state index in [-0.39, 0.29) is 6.10 Å². The molecular formula is C18H23BrO. The van der Waals surface area contributed by atoms with Crippen molar-refractivity contribution >= 4 is 15.9 Å². The highest BCUT2D eigenvalue weighted by molar-refractivity contribution is 9.11. The third-order valence-corrected chi connectivity index (χ3v) is 6.30. The molecule has 2 heteroatoms. The first-order valence-electron chi connectivity index (χ1n) is 7.71. The third-order valence-electron chi connectivity index (χ3n) is 5.26. The van der Waals surface area contributed by atoms with E-state index in [0.29, 0.717) is 11.3 Å². The van der Waals surface area contributed by atoms with Gasteiger partial charge in [0.2, 0.25) is 0 Å². The van der Waals surface area contributed by atoms with Crippen LogP contribution >= 0.6 is 15.9 Å². The molecule has 1 aromatic rings. The molecule has 1 heterocycles. The molecule has 3 rings (SSSR count). The van der Waals surface area contributed by atoms with Crippen molar-refractivity contribution in [1.29, 1.82) is 0 Å². The second-order valence-electron chi connectivity index (χ2n) is 6.25.